The van der Waals surface area contributed by atoms with Gasteiger partial charge in [-0.25, -0.2) is 4.39 Å². The number of alkyl halides is 3. The lowest BCUT2D eigenvalue weighted by Gasteiger charge is -2.27. The number of hydrogen-bond acceptors (Lipinski definition) is 2. The first-order chi connectivity index (χ1) is 9.35. The van der Waals surface area contributed by atoms with Gasteiger partial charge in [-0.05, 0) is 30.7 Å². The van der Waals surface area contributed by atoms with Crippen LogP contribution in [0.3, 0.4) is 0 Å². The lowest BCUT2D eigenvalue weighted by atomic mass is 9.97. The van der Waals surface area contributed by atoms with Crippen molar-refractivity contribution in [3.8, 4) is 0 Å². The summed E-state index contributed by atoms with van der Waals surface area (Å²) < 4.78 is 56.8. The summed E-state index contributed by atoms with van der Waals surface area (Å²) in [6.07, 6.45) is -4.35. The van der Waals surface area contributed by atoms with Gasteiger partial charge in [0.2, 0.25) is 0 Å². The molecule has 0 amide bonds. The second kappa shape index (κ2) is 7.04. The average Bonchev–Trinajstić information content (AvgIpc) is 2.38. The van der Waals surface area contributed by atoms with Crippen LogP contribution in [-0.4, -0.2) is 19.8 Å². The molecule has 2 nitrogen and oxygen atoms in total. The van der Waals surface area contributed by atoms with Crippen molar-refractivity contribution in [2.45, 2.75) is 38.6 Å². The maximum Gasteiger partial charge on any atom is 0.419 e. The van der Waals surface area contributed by atoms with Crippen molar-refractivity contribution in [2.75, 3.05) is 13.7 Å². The van der Waals surface area contributed by atoms with Crippen molar-refractivity contribution in [3.63, 3.8) is 0 Å². The molecule has 0 aliphatic heterocycles. The third-order valence-electron chi connectivity index (χ3n) is 3.16. The molecule has 0 aromatic heterocycles. The molecule has 0 aliphatic rings. The van der Waals surface area contributed by atoms with E-state index >= 15 is 0 Å². The van der Waals surface area contributed by atoms with Gasteiger partial charge in [0.1, 0.15) is 5.82 Å². The molecule has 0 aliphatic carbocycles. The molecule has 6 heteroatoms. The molecule has 0 spiro atoms. The van der Waals surface area contributed by atoms with Crippen molar-refractivity contribution >= 4 is 0 Å². The summed E-state index contributed by atoms with van der Waals surface area (Å²) in [6.45, 7) is 4.31. The lowest BCUT2D eigenvalue weighted by molar-refractivity contribution is -0.140. The van der Waals surface area contributed by atoms with Crippen LogP contribution in [0.4, 0.5) is 17.6 Å². The molecule has 0 radical (unpaired) electrons. The van der Waals surface area contributed by atoms with E-state index in [2.05, 4.69) is 5.32 Å². The van der Waals surface area contributed by atoms with Crippen LogP contribution in [0.15, 0.2) is 18.2 Å². The monoisotopic (exact) mass is 293 g/mol. The maximum atomic E-state index is 13.3. The van der Waals surface area contributed by atoms with E-state index in [1.165, 1.54) is 13.2 Å². The summed E-state index contributed by atoms with van der Waals surface area (Å²) in [5, 5.41) is 3.08. The first kappa shape index (κ1) is 16.9. The van der Waals surface area contributed by atoms with Crippen molar-refractivity contribution < 1.29 is 22.3 Å². The van der Waals surface area contributed by atoms with E-state index in [4.69, 9.17) is 4.74 Å². The molecule has 0 heterocycles. The number of hydrogen-bond donors (Lipinski definition) is 1. The number of nitrogens with one attached hydrogen (secondary N) is 1. The molecule has 114 valence electrons. The van der Waals surface area contributed by atoms with Crippen LogP contribution in [0.5, 0.6) is 0 Å². The number of benzene rings is 1. The zero-order valence-corrected chi connectivity index (χ0v) is 11.7. The van der Waals surface area contributed by atoms with Gasteiger partial charge in [0.25, 0.3) is 0 Å². The van der Waals surface area contributed by atoms with Gasteiger partial charge >= 0.3 is 6.18 Å². The van der Waals surface area contributed by atoms with Crippen molar-refractivity contribution in [1.82, 2.24) is 5.32 Å². The molecule has 0 saturated carbocycles. The lowest BCUT2D eigenvalue weighted by Crippen LogP contribution is -2.33. The van der Waals surface area contributed by atoms with Crippen LogP contribution in [0.1, 0.15) is 37.4 Å². The molecule has 1 aromatic rings. The first-order valence-electron chi connectivity index (χ1n) is 6.47. The molecule has 0 saturated heterocycles. The van der Waals surface area contributed by atoms with Gasteiger partial charge in [-0.2, -0.15) is 13.2 Å². The van der Waals surface area contributed by atoms with Crippen LogP contribution in [0, 0.1) is 5.82 Å². The molecule has 20 heavy (non-hydrogen) atoms. The summed E-state index contributed by atoms with van der Waals surface area (Å²) in [4.78, 5) is 0. The first-order valence-corrected chi connectivity index (χ1v) is 6.47. The van der Waals surface area contributed by atoms with E-state index in [0.717, 1.165) is 12.1 Å². The Morgan fingerprint density at radius 1 is 1.25 bits per heavy atom. The van der Waals surface area contributed by atoms with E-state index < -0.39 is 23.6 Å². The topological polar surface area (TPSA) is 21.3 Å². The molecular formula is C14H19F4NO. The maximum absolute atomic E-state index is 13.3. The zero-order valence-electron chi connectivity index (χ0n) is 11.7. The summed E-state index contributed by atoms with van der Waals surface area (Å²) in [5.74, 6) is -1.26. The highest BCUT2D eigenvalue weighted by atomic mass is 19.4. The van der Waals surface area contributed by atoms with Gasteiger partial charge in [-0.1, -0.05) is 19.9 Å². The third kappa shape index (κ3) is 3.93. The second-order valence-electron chi connectivity index (χ2n) is 4.45. The van der Waals surface area contributed by atoms with E-state index in [0.29, 0.717) is 18.5 Å². The number of rotatable bonds is 6. The number of ether oxygens (including phenoxy) is 1. The zero-order chi connectivity index (χ0) is 15.3. The Kier molecular flexibility index (Phi) is 5.95. The molecule has 0 fully saturated rings. The van der Waals surface area contributed by atoms with E-state index in [9.17, 15) is 17.6 Å². The normalized spacial score (nSPS) is 15.2. The Bertz CT molecular complexity index is 430. The number of methoxy groups -OCH3 is 1. The summed E-state index contributed by atoms with van der Waals surface area (Å²) in [5.41, 5.74) is -0.877. The number of halogens is 4. The standard InChI is InChI=1S/C14H19F4NO/c1-4-12(20-3)13(19-5-2)9-6-7-11(15)10(8-9)14(16,17)18/h6-8,12-13,19H,4-5H2,1-3H3. The Balaban J connectivity index is 3.21. The van der Waals surface area contributed by atoms with Crippen LogP contribution < -0.4 is 5.32 Å². The van der Waals surface area contributed by atoms with E-state index in [1.54, 1.807) is 0 Å². The van der Waals surface area contributed by atoms with Crippen LogP contribution in [-0.2, 0) is 10.9 Å². The van der Waals surface area contributed by atoms with Gasteiger partial charge in [-0.3, -0.25) is 0 Å². The minimum Gasteiger partial charge on any atom is -0.379 e. The molecule has 1 N–H and O–H groups in total. The molecule has 0 bridgehead atoms. The van der Waals surface area contributed by atoms with Crippen molar-refractivity contribution in [3.05, 3.63) is 35.1 Å². The Labute approximate surface area is 116 Å². The van der Waals surface area contributed by atoms with E-state index in [1.807, 2.05) is 13.8 Å². The average molecular weight is 293 g/mol. The summed E-state index contributed by atoms with van der Waals surface area (Å²) >= 11 is 0. The summed E-state index contributed by atoms with van der Waals surface area (Å²) in [6, 6.07) is 2.66. The van der Waals surface area contributed by atoms with Gasteiger partial charge in [0.05, 0.1) is 17.7 Å². The fourth-order valence-corrected chi connectivity index (χ4v) is 2.18. The fourth-order valence-electron chi connectivity index (χ4n) is 2.18. The predicted octanol–water partition coefficient (Wildman–Crippen LogP) is 3.92. The van der Waals surface area contributed by atoms with Crippen LogP contribution >= 0.6 is 0 Å². The highest BCUT2D eigenvalue weighted by molar-refractivity contribution is 5.30. The second-order valence-corrected chi connectivity index (χ2v) is 4.45. The Hall–Kier alpha value is -1.14. The fraction of sp³-hybridized carbons (Fsp3) is 0.571. The van der Waals surface area contributed by atoms with Crippen LogP contribution in [0.25, 0.3) is 0 Å². The van der Waals surface area contributed by atoms with Gasteiger partial charge in [0.15, 0.2) is 0 Å². The van der Waals surface area contributed by atoms with E-state index in [-0.39, 0.29) is 6.10 Å². The Morgan fingerprint density at radius 2 is 1.90 bits per heavy atom. The molecule has 1 aromatic carbocycles. The van der Waals surface area contributed by atoms with Crippen LogP contribution in [0.2, 0.25) is 0 Å². The van der Waals surface area contributed by atoms with Crippen molar-refractivity contribution in [1.29, 1.82) is 0 Å². The van der Waals surface area contributed by atoms with Gasteiger partial charge in [0, 0.05) is 7.11 Å². The van der Waals surface area contributed by atoms with Crippen molar-refractivity contribution in [2.24, 2.45) is 0 Å². The highest BCUT2D eigenvalue weighted by Gasteiger charge is 2.35. The SMILES string of the molecule is CCNC(c1ccc(F)c(C(F)(F)F)c1)C(CC)OC. The minimum atomic E-state index is -4.70. The smallest absolute Gasteiger partial charge is 0.379 e. The number of likely N-dealkylation sites (N-methyl/N-ethyl adjacent to an activating group) is 1. The third-order valence-corrected chi connectivity index (χ3v) is 3.16. The Morgan fingerprint density at radius 3 is 2.35 bits per heavy atom. The van der Waals surface area contributed by atoms with Gasteiger partial charge < -0.3 is 10.1 Å². The molecular weight excluding hydrogens is 274 g/mol. The van der Waals surface area contributed by atoms with Gasteiger partial charge in [-0.15, -0.1) is 0 Å². The highest BCUT2D eigenvalue weighted by Crippen LogP contribution is 2.34. The largest absolute Gasteiger partial charge is 0.419 e. The predicted molar refractivity (Wildman–Crippen MR) is 68.9 cm³/mol. The summed E-state index contributed by atoms with van der Waals surface area (Å²) in [7, 11) is 1.51. The molecule has 2 unspecified atom stereocenters. The quantitative estimate of drug-likeness (QED) is 0.803. The molecule has 2 atom stereocenters. The minimum absolute atomic E-state index is 0.276. The molecule has 1 rings (SSSR count).